The minimum atomic E-state index is 0.351. The maximum Gasteiger partial charge on any atom is 0.0571 e. The van der Waals surface area contributed by atoms with E-state index in [0.717, 1.165) is 5.92 Å². The zero-order valence-corrected chi connectivity index (χ0v) is 9.10. The molecule has 0 aliphatic carbocycles. The Morgan fingerprint density at radius 2 is 2.10 bits per heavy atom. The summed E-state index contributed by atoms with van der Waals surface area (Å²) in [4.78, 5) is 0. The van der Waals surface area contributed by atoms with Crippen molar-refractivity contribution in [2.45, 2.75) is 43.6 Å². The molecule has 2 heteroatoms. The zero-order valence-electron chi connectivity index (χ0n) is 6.94. The van der Waals surface area contributed by atoms with Gasteiger partial charge in [-0.15, -0.1) is 0 Å². The van der Waals surface area contributed by atoms with Gasteiger partial charge < -0.3 is 5.73 Å². The monoisotopic (exact) mass is 255 g/mol. The maximum absolute atomic E-state index is 5.65. The van der Waals surface area contributed by atoms with Crippen molar-refractivity contribution in [3.63, 3.8) is 0 Å². The van der Waals surface area contributed by atoms with E-state index in [4.69, 9.17) is 5.73 Å². The lowest BCUT2D eigenvalue weighted by molar-refractivity contribution is 0.472. The molecule has 2 N–H and O–H groups in total. The highest BCUT2D eigenvalue weighted by Crippen LogP contribution is 2.15. The van der Waals surface area contributed by atoms with Gasteiger partial charge in [0.1, 0.15) is 0 Å². The second kappa shape index (κ2) is 6.40. The van der Waals surface area contributed by atoms with Gasteiger partial charge in [-0.1, -0.05) is 55.7 Å². The standard InChI is InChI=1S/C8H18IN/c1-3-4-5-7(2)6-8(9)10/h7-8H,3-6,10H2,1-2H3. The first-order chi connectivity index (χ1) is 4.66. The van der Waals surface area contributed by atoms with Crippen molar-refractivity contribution in [3.8, 4) is 0 Å². The molecule has 0 saturated heterocycles. The maximum atomic E-state index is 5.65. The first-order valence-corrected chi connectivity index (χ1v) is 5.31. The van der Waals surface area contributed by atoms with E-state index >= 15 is 0 Å². The van der Waals surface area contributed by atoms with Gasteiger partial charge in [0.15, 0.2) is 0 Å². The number of unbranched alkanes of at least 4 members (excludes halogenated alkanes) is 1. The quantitative estimate of drug-likeness (QED) is 0.456. The first kappa shape index (κ1) is 10.7. The minimum Gasteiger partial charge on any atom is -0.320 e. The van der Waals surface area contributed by atoms with Crippen LogP contribution in [0.5, 0.6) is 0 Å². The molecule has 0 spiro atoms. The smallest absolute Gasteiger partial charge is 0.0571 e. The molecule has 0 aliphatic heterocycles. The van der Waals surface area contributed by atoms with Gasteiger partial charge in [0.25, 0.3) is 0 Å². The van der Waals surface area contributed by atoms with Crippen LogP contribution in [-0.2, 0) is 0 Å². The minimum absolute atomic E-state index is 0.351. The Labute approximate surface area is 77.9 Å². The van der Waals surface area contributed by atoms with E-state index in [1.807, 2.05) is 0 Å². The lowest BCUT2D eigenvalue weighted by atomic mass is 10.0. The van der Waals surface area contributed by atoms with E-state index in [1.54, 1.807) is 0 Å². The summed E-state index contributed by atoms with van der Waals surface area (Å²) in [6, 6.07) is 0. The van der Waals surface area contributed by atoms with Gasteiger partial charge in [0.2, 0.25) is 0 Å². The van der Waals surface area contributed by atoms with E-state index in [-0.39, 0.29) is 0 Å². The lowest BCUT2D eigenvalue weighted by Gasteiger charge is -2.11. The van der Waals surface area contributed by atoms with Crippen molar-refractivity contribution in [1.82, 2.24) is 0 Å². The summed E-state index contributed by atoms with van der Waals surface area (Å²) in [6.45, 7) is 4.52. The van der Waals surface area contributed by atoms with Gasteiger partial charge in [-0.2, -0.15) is 0 Å². The van der Waals surface area contributed by atoms with Crippen molar-refractivity contribution in [2.75, 3.05) is 0 Å². The summed E-state index contributed by atoms with van der Waals surface area (Å²) in [7, 11) is 0. The summed E-state index contributed by atoms with van der Waals surface area (Å²) in [5.74, 6) is 0.812. The average Bonchev–Trinajstić information content (AvgIpc) is 1.82. The molecule has 1 nitrogen and oxygen atoms in total. The van der Waals surface area contributed by atoms with Gasteiger partial charge in [0, 0.05) is 0 Å². The van der Waals surface area contributed by atoms with Crippen LogP contribution in [0.2, 0.25) is 0 Å². The van der Waals surface area contributed by atoms with Gasteiger partial charge in [0.05, 0.1) is 4.05 Å². The van der Waals surface area contributed by atoms with Crippen molar-refractivity contribution >= 4 is 22.6 Å². The van der Waals surface area contributed by atoms with Crippen LogP contribution in [0.15, 0.2) is 0 Å². The van der Waals surface area contributed by atoms with Crippen LogP contribution >= 0.6 is 22.6 Å². The number of hydrogen-bond acceptors (Lipinski definition) is 1. The van der Waals surface area contributed by atoms with Crippen LogP contribution in [0.25, 0.3) is 0 Å². The Morgan fingerprint density at radius 1 is 1.50 bits per heavy atom. The third-order valence-corrected chi connectivity index (χ3v) is 2.19. The number of hydrogen-bond donors (Lipinski definition) is 1. The lowest BCUT2D eigenvalue weighted by Crippen LogP contribution is -2.14. The largest absolute Gasteiger partial charge is 0.320 e. The number of alkyl halides is 1. The fourth-order valence-electron chi connectivity index (χ4n) is 1.05. The molecule has 0 radical (unpaired) electrons. The zero-order chi connectivity index (χ0) is 7.98. The van der Waals surface area contributed by atoms with E-state index in [1.165, 1.54) is 25.7 Å². The second-order valence-corrected chi connectivity index (χ2v) is 4.60. The molecule has 0 aromatic rings. The van der Waals surface area contributed by atoms with Crippen LogP contribution in [0, 0.1) is 5.92 Å². The van der Waals surface area contributed by atoms with E-state index in [2.05, 4.69) is 36.4 Å². The van der Waals surface area contributed by atoms with Crippen LogP contribution < -0.4 is 5.73 Å². The molecule has 62 valence electrons. The molecule has 0 aliphatic rings. The van der Waals surface area contributed by atoms with Gasteiger partial charge in [-0.05, 0) is 12.3 Å². The summed E-state index contributed by atoms with van der Waals surface area (Å²) in [5.41, 5.74) is 5.65. The van der Waals surface area contributed by atoms with Crippen molar-refractivity contribution in [2.24, 2.45) is 11.7 Å². The normalized spacial score (nSPS) is 16.8. The molecule has 0 heterocycles. The number of rotatable bonds is 5. The molecule has 2 unspecified atom stereocenters. The van der Waals surface area contributed by atoms with Gasteiger partial charge in [-0.3, -0.25) is 0 Å². The third-order valence-electron chi connectivity index (χ3n) is 1.68. The number of nitrogens with two attached hydrogens (primary N) is 1. The Hall–Kier alpha value is 0.690. The molecule has 0 bridgehead atoms. The van der Waals surface area contributed by atoms with Crippen molar-refractivity contribution in [3.05, 3.63) is 0 Å². The molecular formula is C8H18IN. The van der Waals surface area contributed by atoms with Gasteiger partial charge in [-0.25, -0.2) is 0 Å². The predicted molar refractivity (Wildman–Crippen MR) is 55.3 cm³/mol. The fraction of sp³-hybridized carbons (Fsp3) is 1.00. The van der Waals surface area contributed by atoms with Crippen LogP contribution in [0.3, 0.4) is 0 Å². The Kier molecular flexibility index (Phi) is 6.85. The molecule has 0 aromatic heterocycles. The molecule has 0 aromatic carbocycles. The fourth-order valence-corrected chi connectivity index (χ4v) is 1.92. The predicted octanol–water partition coefficient (Wildman–Crippen LogP) is 2.92. The van der Waals surface area contributed by atoms with Crippen LogP contribution in [0.4, 0.5) is 0 Å². The average molecular weight is 255 g/mol. The molecule has 10 heavy (non-hydrogen) atoms. The molecular weight excluding hydrogens is 237 g/mol. The Bertz CT molecular complexity index is 73.7. The molecule has 0 rings (SSSR count). The second-order valence-electron chi connectivity index (χ2n) is 3.00. The molecule has 0 amide bonds. The molecule has 2 atom stereocenters. The highest BCUT2D eigenvalue weighted by Gasteiger charge is 2.04. The van der Waals surface area contributed by atoms with Crippen molar-refractivity contribution in [1.29, 1.82) is 0 Å². The van der Waals surface area contributed by atoms with E-state index < -0.39 is 0 Å². The summed E-state index contributed by atoms with van der Waals surface area (Å²) in [5, 5.41) is 0. The van der Waals surface area contributed by atoms with E-state index in [9.17, 15) is 0 Å². The Balaban J connectivity index is 3.16. The molecule has 0 saturated carbocycles. The highest BCUT2D eigenvalue weighted by molar-refractivity contribution is 14.1. The number of halogens is 1. The first-order valence-electron chi connectivity index (χ1n) is 4.06. The Morgan fingerprint density at radius 3 is 2.50 bits per heavy atom. The topological polar surface area (TPSA) is 26.0 Å². The molecule has 0 fully saturated rings. The van der Waals surface area contributed by atoms with Gasteiger partial charge >= 0.3 is 0 Å². The van der Waals surface area contributed by atoms with Crippen molar-refractivity contribution < 1.29 is 0 Å². The summed E-state index contributed by atoms with van der Waals surface area (Å²) in [6.07, 6.45) is 5.17. The third kappa shape index (κ3) is 6.81. The van der Waals surface area contributed by atoms with E-state index in [0.29, 0.717) is 4.05 Å². The SMILES string of the molecule is CCCCC(C)CC(N)I. The van der Waals surface area contributed by atoms with Crippen LogP contribution in [0.1, 0.15) is 39.5 Å². The van der Waals surface area contributed by atoms with Crippen LogP contribution in [-0.4, -0.2) is 4.05 Å². The summed E-state index contributed by atoms with van der Waals surface area (Å²) >= 11 is 2.29. The highest BCUT2D eigenvalue weighted by atomic mass is 127. The summed E-state index contributed by atoms with van der Waals surface area (Å²) < 4.78 is 0.351.